The maximum absolute atomic E-state index is 8.95. The fraction of sp³-hybridized carbons (Fsp3) is 0.0323. The molecule has 1 aromatic rings. The summed E-state index contributed by atoms with van der Waals surface area (Å²) in [5.41, 5.74) is 0.788. The molecule has 1 aromatic carbocycles. The van der Waals surface area contributed by atoms with Crippen molar-refractivity contribution in [1.82, 2.24) is 0 Å². The molecule has 0 aromatic heterocycles. The van der Waals surface area contributed by atoms with Crippen LogP contribution in [0.3, 0.4) is 0 Å². The number of hydrogen-bond donors (Lipinski definition) is 1. The van der Waals surface area contributed by atoms with Crippen molar-refractivity contribution in [3.05, 3.63) is 29.8 Å². The standard InChI is InChI=1S/C31H8O2/c1-2-3-4-5-6-7-8-9-10-11-12-13-14-15-16-17-18-19-20-21-22-23-28-33-31-26-24-30(29-32)25-27-31/h1,24-27,32H,29H2. The molecule has 144 valence electrons. The first-order chi connectivity index (χ1) is 16.4. The Bertz CT molecular complexity index is 1620. The summed E-state index contributed by atoms with van der Waals surface area (Å²) in [6.07, 6.45) is 7.36. The molecule has 2 nitrogen and oxygen atoms in total. The van der Waals surface area contributed by atoms with Crippen molar-refractivity contribution >= 4 is 0 Å². The lowest BCUT2D eigenvalue weighted by Gasteiger charge is -1.97. The fourth-order valence-electron chi connectivity index (χ4n) is 1.40. The average Bonchev–Trinajstić information content (AvgIpc) is 2.85. The summed E-state index contributed by atoms with van der Waals surface area (Å²) < 4.78 is 5.16. The van der Waals surface area contributed by atoms with E-state index in [0.29, 0.717) is 5.75 Å². The Hall–Kier alpha value is -6.30. The van der Waals surface area contributed by atoms with E-state index in [0.717, 1.165) is 5.56 Å². The third-order valence-corrected chi connectivity index (χ3v) is 2.65. The van der Waals surface area contributed by atoms with E-state index in [2.05, 4.69) is 136 Å². The van der Waals surface area contributed by atoms with Gasteiger partial charge in [-0.15, -0.1) is 6.42 Å². The van der Waals surface area contributed by atoms with Crippen molar-refractivity contribution in [2.75, 3.05) is 0 Å². The maximum Gasteiger partial charge on any atom is 0.140 e. The van der Waals surface area contributed by atoms with Gasteiger partial charge in [0.2, 0.25) is 0 Å². The van der Waals surface area contributed by atoms with E-state index in [1.54, 1.807) is 24.3 Å². The molecule has 2 heteroatoms. The van der Waals surface area contributed by atoms with Crippen LogP contribution in [-0.2, 0) is 6.61 Å². The van der Waals surface area contributed by atoms with Crippen LogP contribution in [0.15, 0.2) is 24.3 Å². The zero-order valence-electron chi connectivity index (χ0n) is 16.9. The first-order valence-electron chi connectivity index (χ1n) is 8.69. The van der Waals surface area contributed by atoms with Crippen LogP contribution in [0, 0.1) is 143 Å². The first kappa shape index (κ1) is 24.7. The van der Waals surface area contributed by atoms with E-state index >= 15 is 0 Å². The topological polar surface area (TPSA) is 29.5 Å². The summed E-state index contributed by atoms with van der Waals surface area (Å²) in [4.78, 5) is 0. The molecule has 0 aliphatic heterocycles. The third kappa shape index (κ3) is 15.3. The number of rotatable bonds is 2. The van der Waals surface area contributed by atoms with Crippen molar-refractivity contribution in [3.63, 3.8) is 0 Å². The van der Waals surface area contributed by atoms with Gasteiger partial charge in [0.15, 0.2) is 0 Å². The smallest absolute Gasteiger partial charge is 0.140 e. The summed E-state index contributed by atoms with van der Waals surface area (Å²) in [7, 11) is 0. The number of hydrogen-bond acceptors (Lipinski definition) is 2. The second-order valence-electron chi connectivity index (χ2n) is 4.78. The Labute approximate surface area is 194 Å². The summed E-state index contributed by atoms with van der Waals surface area (Å²) in [6.45, 7) is -0.0249. The molecule has 33 heavy (non-hydrogen) atoms. The highest BCUT2D eigenvalue weighted by atomic mass is 16.5. The molecule has 0 radical (unpaired) electrons. The Balaban J connectivity index is 2.40. The van der Waals surface area contributed by atoms with Crippen molar-refractivity contribution < 1.29 is 9.84 Å². The van der Waals surface area contributed by atoms with Gasteiger partial charge in [0, 0.05) is 82.9 Å². The molecule has 1 rings (SSSR count). The van der Waals surface area contributed by atoms with E-state index in [9.17, 15) is 0 Å². The Morgan fingerprint density at radius 2 is 0.848 bits per heavy atom. The second kappa shape index (κ2) is 19.0. The van der Waals surface area contributed by atoms with Gasteiger partial charge in [-0.2, -0.15) is 0 Å². The third-order valence-electron chi connectivity index (χ3n) is 2.65. The van der Waals surface area contributed by atoms with Crippen molar-refractivity contribution in [2.24, 2.45) is 0 Å². The molecule has 0 aliphatic carbocycles. The lowest BCUT2D eigenvalue weighted by atomic mass is 10.2. The molecule has 0 bridgehead atoms. The van der Waals surface area contributed by atoms with Crippen molar-refractivity contribution in [1.29, 1.82) is 0 Å². The average molecular weight is 412 g/mol. The van der Waals surface area contributed by atoms with Gasteiger partial charge < -0.3 is 9.84 Å². The molecule has 0 amide bonds. The van der Waals surface area contributed by atoms with E-state index in [1.807, 2.05) is 0 Å². The summed E-state index contributed by atoms with van der Waals surface area (Å²) >= 11 is 0. The Morgan fingerprint density at radius 3 is 1.18 bits per heavy atom. The Kier molecular flexibility index (Phi) is 14.3. The minimum absolute atomic E-state index is 0.0249. The highest BCUT2D eigenvalue weighted by molar-refractivity contribution is 5.47. The van der Waals surface area contributed by atoms with Crippen LogP contribution >= 0.6 is 0 Å². The molecule has 0 unspecified atom stereocenters. The van der Waals surface area contributed by atoms with Gasteiger partial charge >= 0.3 is 0 Å². The van der Waals surface area contributed by atoms with Crippen LogP contribution in [0.5, 0.6) is 5.75 Å². The van der Waals surface area contributed by atoms with Gasteiger partial charge in [0.25, 0.3) is 0 Å². The second-order valence-corrected chi connectivity index (χ2v) is 4.78. The monoisotopic (exact) mass is 412 g/mol. The summed E-state index contributed by atoms with van der Waals surface area (Å²) in [5, 5.41) is 8.95. The fourth-order valence-corrected chi connectivity index (χ4v) is 1.40. The molecule has 0 saturated heterocycles. The molecule has 0 heterocycles. The normalized spacial score (nSPS) is 5.58. The van der Waals surface area contributed by atoms with Crippen LogP contribution in [-0.4, -0.2) is 5.11 Å². The van der Waals surface area contributed by atoms with Gasteiger partial charge in [-0.3, -0.25) is 0 Å². The quantitative estimate of drug-likeness (QED) is 0.740. The van der Waals surface area contributed by atoms with Gasteiger partial charge in [0.05, 0.1) is 6.61 Å². The molecular formula is C31H8O2. The van der Waals surface area contributed by atoms with Gasteiger partial charge in [-0.1, -0.05) is 12.1 Å². The number of benzene rings is 1. The minimum Gasteiger partial charge on any atom is -0.407 e. The molecule has 1 N–H and O–H groups in total. The van der Waals surface area contributed by atoms with Crippen molar-refractivity contribution in [3.8, 4) is 149 Å². The van der Waals surface area contributed by atoms with E-state index in [4.69, 9.17) is 16.3 Å². The maximum atomic E-state index is 8.95. The van der Waals surface area contributed by atoms with Crippen LogP contribution in [0.2, 0.25) is 0 Å². The summed E-state index contributed by atoms with van der Waals surface area (Å²) in [6, 6.07) is 6.87. The lowest BCUT2D eigenvalue weighted by Crippen LogP contribution is -1.85. The number of aliphatic hydroxyl groups excluding tert-OH is 1. The Morgan fingerprint density at radius 1 is 0.515 bits per heavy atom. The van der Waals surface area contributed by atoms with Gasteiger partial charge in [0.1, 0.15) is 11.9 Å². The number of terminal acetylenes is 1. The predicted molar refractivity (Wildman–Crippen MR) is 127 cm³/mol. The van der Waals surface area contributed by atoms with E-state index in [-0.39, 0.29) is 6.61 Å². The largest absolute Gasteiger partial charge is 0.407 e. The van der Waals surface area contributed by atoms with Crippen molar-refractivity contribution in [2.45, 2.75) is 6.61 Å². The van der Waals surface area contributed by atoms with Gasteiger partial charge in [-0.25, -0.2) is 0 Å². The van der Waals surface area contributed by atoms with E-state index in [1.165, 1.54) is 0 Å². The highest BCUT2D eigenvalue weighted by Gasteiger charge is 1.91. The van der Waals surface area contributed by atoms with E-state index < -0.39 is 0 Å². The van der Waals surface area contributed by atoms with Crippen LogP contribution < -0.4 is 4.74 Å². The molecule has 0 aliphatic rings. The van der Waals surface area contributed by atoms with Gasteiger partial charge in [-0.05, 0) is 65.1 Å². The lowest BCUT2D eigenvalue weighted by molar-refractivity contribution is 0.281. The minimum atomic E-state index is -0.0249. The SMILES string of the molecule is C#CC#CC#CC#CC#CC#CC#CC#CC#CC#CC#CC#COc1ccc(CO)cc1. The molecular weight excluding hydrogens is 404 g/mol. The molecule has 0 saturated carbocycles. The predicted octanol–water partition coefficient (Wildman–Crippen LogP) is 1.19. The number of aliphatic hydroxyl groups is 1. The first-order valence-corrected chi connectivity index (χ1v) is 8.69. The summed E-state index contributed by atoms with van der Waals surface area (Å²) in [5.74, 6) is 54.7. The van der Waals surface area contributed by atoms with Crippen LogP contribution in [0.1, 0.15) is 5.56 Å². The molecule has 0 atom stereocenters. The van der Waals surface area contributed by atoms with Crippen LogP contribution in [0.4, 0.5) is 0 Å². The zero-order chi connectivity index (χ0) is 23.7. The zero-order valence-corrected chi connectivity index (χ0v) is 16.9. The molecule has 0 spiro atoms. The van der Waals surface area contributed by atoms with Crippen LogP contribution in [0.25, 0.3) is 0 Å². The highest BCUT2D eigenvalue weighted by Crippen LogP contribution is 2.11. The molecule has 0 fully saturated rings. The number of ether oxygens (including phenoxy) is 1.